The van der Waals surface area contributed by atoms with Crippen LogP contribution in [0.4, 0.5) is 11.5 Å². The van der Waals surface area contributed by atoms with Gasteiger partial charge in [0.1, 0.15) is 11.5 Å². The summed E-state index contributed by atoms with van der Waals surface area (Å²) < 4.78 is 2.58. The number of hydrogen-bond acceptors (Lipinski definition) is 4. The Morgan fingerprint density at radius 2 is 2.05 bits per heavy atom. The number of nitrogens with two attached hydrogens (primary N) is 1. The molecule has 1 heterocycles. The summed E-state index contributed by atoms with van der Waals surface area (Å²) in [7, 11) is 1.49. The van der Waals surface area contributed by atoms with E-state index in [4.69, 9.17) is 5.73 Å². The van der Waals surface area contributed by atoms with Gasteiger partial charge < -0.3 is 11.1 Å². The van der Waals surface area contributed by atoms with Gasteiger partial charge in [0, 0.05) is 19.6 Å². The van der Waals surface area contributed by atoms with Gasteiger partial charge in [-0.3, -0.25) is 13.9 Å². The second-order valence-corrected chi connectivity index (χ2v) is 5.33. The molecular formula is C13H22N4O2. The lowest BCUT2D eigenvalue weighted by atomic mass is 10.2. The van der Waals surface area contributed by atoms with E-state index in [2.05, 4.69) is 5.32 Å². The number of nitrogens with zero attached hydrogens (tertiary/aromatic N) is 2. The van der Waals surface area contributed by atoms with Crippen molar-refractivity contribution in [2.45, 2.75) is 45.7 Å². The lowest BCUT2D eigenvalue weighted by Crippen LogP contribution is -2.41. The van der Waals surface area contributed by atoms with Gasteiger partial charge in [-0.1, -0.05) is 6.92 Å². The molecular weight excluding hydrogens is 244 g/mol. The summed E-state index contributed by atoms with van der Waals surface area (Å²) in [5.74, 6) is 0.859. The highest BCUT2D eigenvalue weighted by atomic mass is 16.2. The van der Waals surface area contributed by atoms with Crippen molar-refractivity contribution in [1.29, 1.82) is 0 Å². The number of anilines is 2. The van der Waals surface area contributed by atoms with E-state index in [0.717, 1.165) is 11.0 Å². The van der Waals surface area contributed by atoms with E-state index in [9.17, 15) is 9.59 Å². The molecule has 6 heteroatoms. The Hall–Kier alpha value is -1.72. The van der Waals surface area contributed by atoms with E-state index in [1.54, 1.807) is 0 Å². The van der Waals surface area contributed by atoms with E-state index in [1.165, 1.54) is 24.5 Å². The third kappa shape index (κ3) is 2.52. The fourth-order valence-electron chi connectivity index (χ4n) is 2.30. The van der Waals surface area contributed by atoms with Gasteiger partial charge >= 0.3 is 5.69 Å². The number of nitrogens with one attached hydrogen (secondary N) is 1. The van der Waals surface area contributed by atoms with Gasteiger partial charge in [0.05, 0.1) is 0 Å². The summed E-state index contributed by atoms with van der Waals surface area (Å²) in [6.45, 7) is 4.54. The van der Waals surface area contributed by atoms with Gasteiger partial charge in [0.15, 0.2) is 0 Å². The second kappa shape index (κ2) is 5.11. The molecule has 1 aliphatic carbocycles. The van der Waals surface area contributed by atoms with E-state index in [1.807, 2.05) is 13.8 Å². The highest BCUT2D eigenvalue weighted by Gasteiger charge is 2.29. The van der Waals surface area contributed by atoms with E-state index < -0.39 is 0 Å². The maximum Gasteiger partial charge on any atom is 0.332 e. The minimum atomic E-state index is -0.353. The van der Waals surface area contributed by atoms with Crippen LogP contribution in [-0.2, 0) is 13.6 Å². The van der Waals surface area contributed by atoms with Gasteiger partial charge in [-0.05, 0) is 32.1 Å². The zero-order chi connectivity index (χ0) is 14.2. The third-order valence-electron chi connectivity index (χ3n) is 3.73. The average Bonchev–Trinajstić information content (AvgIpc) is 3.21. The molecule has 1 fully saturated rings. The largest absolute Gasteiger partial charge is 0.383 e. The standard InChI is InChI=1S/C13H22N4O2/c1-4-7-17-11(14)10(12(18)16(3)13(17)19)15-8(2)9-5-6-9/h8-9,15H,4-7,14H2,1-3H3. The maximum atomic E-state index is 12.2. The van der Waals surface area contributed by atoms with Crippen LogP contribution in [0.15, 0.2) is 9.59 Å². The molecule has 106 valence electrons. The zero-order valence-corrected chi connectivity index (χ0v) is 11.8. The Bertz CT molecular complexity index is 584. The first-order chi connectivity index (χ1) is 8.97. The second-order valence-electron chi connectivity index (χ2n) is 5.33. The highest BCUT2D eigenvalue weighted by Crippen LogP contribution is 2.34. The van der Waals surface area contributed by atoms with Crippen LogP contribution in [0.3, 0.4) is 0 Å². The first kappa shape index (κ1) is 13.7. The zero-order valence-electron chi connectivity index (χ0n) is 11.8. The summed E-state index contributed by atoms with van der Waals surface area (Å²) >= 11 is 0. The average molecular weight is 266 g/mol. The topological polar surface area (TPSA) is 82.0 Å². The normalized spacial score (nSPS) is 16.4. The molecule has 1 unspecified atom stereocenters. The van der Waals surface area contributed by atoms with Crippen molar-refractivity contribution in [1.82, 2.24) is 9.13 Å². The molecule has 0 spiro atoms. The maximum absolute atomic E-state index is 12.2. The van der Waals surface area contributed by atoms with Crippen LogP contribution >= 0.6 is 0 Å². The van der Waals surface area contributed by atoms with Gasteiger partial charge in [-0.15, -0.1) is 0 Å². The monoisotopic (exact) mass is 266 g/mol. The minimum absolute atomic E-state index is 0.211. The Morgan fingerprint density at radius 3 is 2.58 bits per heavy atom. The third-order valence-corrected chi connectivity index (χ3v) is 3.73. The predicted octanol–water partition coefficient (Wildman–Crippen LogP) is 0.750. The van der Waals surface area contributed by atoms with Crippen LogP contribution in [-0.4, -0.2) is 15.2 Å². The number of aromatic nitrogens is 2. The van der Waals surface area contributed by atoms with Crippen molar-refractivity contribution in [2.24, 2.45) is 13.0 Å². The lowest BCUT2D eigenvalue weighted by molar-refractivity contribution is 0.596. The van der Waals surface area contributed by atoms with Gasteiger partial charge in [-0.2, -0.15) is 0 Å². The summed E-state index contributed by atoms with van der Waals surface area (Å²) in [6.07, 6.45) is 3.16. The fourth-order valence-corrected chi connectivity index (χ4v) is 2.30. The molecule has 1 aromatic rings. The van der Waals surface area contributed by atoms with Crippen molar-refractivity contribution in [3.8, 4) is 0 Å². The van der Waals surface area contributed by atoms with Crippen LogP contribution in [0.25, 0.3) is 0 Å². The Balaban J connectivity index is 2.46. The minimum Gasteiger partial charge on any atom is -0.383 e. The molecule has 6 nitrogen and oxygen atoms in total. The SMILES string of the molecule is CCCn1c(N)c(NC(C)C2CC2)c(=O)n(C)c1=O. The van der Waals surface area contributed by atoms with Crippen molar-refractivity contribution in [2.75, 3.05) is 11.1 Å². The van der Waals surface area contributed by atoms with Crippen molar-refractivity contribution in [3.05, 3.63) is 20.8 Å². The fraction of sp³-hybridized carbons (Fsp3) is 0.692. The van der Waals surface area contributed by atoms with Gasteiger partial charge in [0.25, 0.3) is 5.56 Å². The number of rotatable bonds is 5. The van der Waals surface area contributed by atoms with E-state index >= 15 is 0 Å². The van der Waals surface area contributed by atoms with Crippen molar-refractivity contribution >= 4 is 11.5 Å². The Morgan fingerprint density at radius 1 is 1.42 bits per heavy atom. The molecule has 0 radical (unpaired) electrons. The number of nitrogen functional groups attached to an aromatic ring is 1. The summed E-state index contributed by atoms with van der Waals surface area (Å²) in [5, 5.41) is 3.19. The molecule has 0 saturated heterocycles. The first-order valence-electron chi connectivity index (χ1n) is 6.83. The molecule has 0 bridgehead atoms. The molecule has 2 rings (SSSR count). The Labute approximate surface area is 112 Å². The molecule has 1 saturated carbocycles. The van der Waals surface area contributed by atoms with Crippen LogP contribution < -0.4 is 22.3 Å². The molecule has 1 atom stereocenters. The summed E-state index contributed by atoms with van der Waals surface area (Å²) in [4.78, 5) is 24.2. The van der Waals surface area contributed by atoms with Crippen molar-refractivity contribution in [3.63, 3.8) is 0 Å². The summed E-state index contributed by atoms with van der Waals surface area (Å²) in [6, 6.07) is 0.211. The van der Waals surface area contributed by atoms with Gasteiger partial charge in [-0.25, -0.2) is 4.79 Å². The lowest BCUT2D eigenvalue weighted by Gasteiger charge is -2.19. The van der Waals surface area contributed by atoms with Crippen LogP contribution in [0.5, 0.6) is 0 Å². The van der Waals surface area contributed by atoms with Gasteiger partial charge in [0.2, 0.25) is 0 Å². The van der Waals surface area contributed by atoms with Crippen LogP contribution in [0.1, 0.15) is 33.1 Å². The van der Waals surface area contributed by atoms with Crippen molar-refractivity contribution < 1.29 is 0 Å². The summed E-state index contributed by atoms with van der Waals surface area (Å²) in [5.41, 5.74) is 5.65. The molecule has 19 heavy (non-hydrogen) atoms. The molecule has 0 aromatic carbocycles. The molecule has 1 aromatic heterocycles. The van der Waals surface area contributed by atoms with E-state index in [0.29, 0.717) is 18.2 Å². The number of hydrogen-bond donors (Lipinski definition) is 2. The molecule has 0 amide bonds. The predicted molar refractivity (Wildman–Crippen MR) is 76.5 cm³/mol. The highest BCUT2D eigenvalue weighted by molar-refractivity contribution is 5.61. The Kier molecular flexibility index (Phi) is 3.68. The van der Waals surface area contributed by atoms with E-state index in [-0.39, 0.29) is 23.1 Å². The molecule has 3 N–H and O–H groups in total. The quantitative estimate of drug-likeness (QED) is 0.824. The van der Waals surface area contributed by atoms with Crippen LogP contribution in [0.2, 0.25) is 0 Å². The molecule has 1 aliphatic rings. The van der Waals surface area contributed by atoms with Crippen LogP contribution in [0, 0.1) is 5.92 Å². The first-order valence-corrected chi connectivity index (χ1v) is 6.83. The molecule has 0 aliphatic heterocycles. The smallest absolute Gasteiger partial charge is 0.332 e.